The molecule has 1 N–H and O–H groups in total. The van der Waals surface area contributed by atoms with Crippen LogP contribution < -0.4 is 0 Å². The zero-order valence-electron chi connectivity index (χ0n) is 7.27. The lowest BCUT2D eigenvalue weighted by Crippen LogP contribution is -1.92. The Kier molecular flexibility index (Phi) is 18.2. The third-order valence-corrected chi connectivity index (χ3v) is 0.365. The summed E-state index contributed by atoms with van der Waals surface area (Å²) < 4.78 is 0. The van der Waals surface area contributed by atoms with Crippen molar-refractivity contribution in [2.24, 2.45) is 0 Å². The van der Waals surface area contributed by atoms with E-state index in [1.54, 1.807) is 0 Å². The molecule has 0 heterocycles. The SMILES string of the molecule is C=C(C)C(=O)O.CCC.[SiH3]. The Morgan fingerprint density at radius 1 is 1.50 bits per heavy atom. The van der Waals surface area contributed by atoms with Crippen molar-refractivity contribution in [2.45, 2.75) is 27.2 Å². The second-order valence-electron chi connectivity index (χ2n) is 1.79. The summed E-state index contributed by atoms with van der Waals surface area (Å²) in [4.78, 5) is 9.60. The molecule has 1 radical (unpaired) electrons. The van der Waals surface area contributed by atoms with Crippen LogP contribution in [0.3, 0.4) is 0 Å². The van der Waals surface area contributed by atoms with Crippen LogP contribution in [0, 0.1) is 0 Å². The molecule has 0 atom stereocenters. The molecule has 0 amide bonds. The van der Waals surface area contributed by atoms with Crippen LogP contribution in [0.5, 0.6) is 0 Å². The quantitative estimate of drug-likeness (QED) is 0.458. The smallest absolute Gasteiger partial charge is 0.330 e. The van der Waals surface area contributed by atoms with Crippen LogP contribution in [0.1, 0.15) is 27.2 Å². The largest absolute Gasteiger partial charge is 0.478 e. The molecule has 0 spiro atoms. The number of hydrogen-bond donors (Lipinski definition) is 1. The summed E-state index contributed by atoms with van der Waals surface area (Å²) >= 11 is 0. The minimum atomic E-state index is -0.935. The highest BCUT2D eigenvalue weighted by Gasteiger charge is 1.90. The molecule has 0 bridgehead atoms. The summed E-state index contributed by atoms with van der Waals surface area (Å²) in [5.41, 5.74) is 0.176. The van der Waals surface area contributed by atoms with Crippen LogP contribution in [0.2, 0.25) is 0 Å². The van der Waals surface area contributed by atoms with E-state index in [1.807, 2.05) is 0 Å². The molecule has 61 valence electrons. The third kappa shape index (κ3) is 26.1. The fraction of sp³-hybridized carbons (Fsp3) is 0.571. The van der Waals surface area contributed by atoms with E-state index in [-0.39, 0.29) is 16.5 Å². The van der Waals surface area contributed by atoms with Crippen molar-refractivity contribution in [3.8, 4) is 0 Å². The highest BCUT2D eigenvalue weighted by molar-refractivity contribution is 5.84. The first-order valence-electron chi connectivity index (χ1n) is 2.95. The molecule has 0 unspecified atom stereocenters. The van der Waals surface area contributed by atoms with Gasteiger partial charge >= 0.3 is 5.97 Å². The first-order valence-corrected chi connectivity index (χ1v) is 2.95. The van der Waals surface area contributed by atoms with Gasteiger partial charge in [-0.25, -0.2) is 4.79 Å². The highest BCUT2D eigenvalue weighted by atomic mass is 28.1. The Morgan fingerprint density at radius 2 is 1.60 bits per heavy atom. The van der Waals surface area contributed by atoms with Crippen LogP contribution in [-0.2, 0) is 4.79 Å². The van der Waals surface area contributed by atoms with Gasteiger partial charge in [-0.1, -0.05) is 26.8 Å². The van der Waals surface area contributed by atoms with Gasteiger partial charge in [0.1, 0.15) is 0 Å². The number of carbonyl (C=O) groups is 1. The molecule has 10 heavy (non-hydrogen) atoms. The van der Waals surface area contributed by atoms with Crippen molar-refractivity contribution in [3.05, 3.63) is 12.2 Å². The van der Waals surface area contributed by atoms with Crippen LogP contribution >= 0.6 is 0 Å². The molecule has 2 nitrogen and oxygen atoms in total. The number of hydrogen-bond acceptors (Lipinski definition) is 1. The summed E-state index contributed by atoms with van der Waals surface area (Å²) in [6.07, 6.45) is 1.25. The van der Waals surface area contributed by atoms with Crippen molar-refractivity contribution in [1.82, 2.24) is 0 Å². The summed E-state index contributed by atoms with van der Waals surface area (Å²) in [5, 5.41) is 7.89. The maximum absolute atomic E-state index is 9.60. The molecule has 0 rings (SSSR count). The van der Waals surface area contributed by atoms with Gasteiger partial charge in [-0.2, -0.15) is 0 Å². The lowest BCUT2D eigenvalue weighted by atomic mass is 10.4. The van der Waals surface area contributed by atoms with Crippen molar-refractivity contribution in [1.29, 1.82) is 0 Å². The molecule has 0 fully saturated rings. The Morgan fingerprint density at radius 3 is 1.60 bits per heavy atom. The van der Waals surface area contributed by atoms with E-state index in [9.17, 15) is 4.79 Å². The van der Waals surface area contributed by atoms with Crippen molar-refractivity contribution >= 4 is 16.9 Å². The van der Waals surface area contributed by atoms with E-state index in [2.05, 4.69) is 20.4 Å². The third-order valence-electron chi connectivity index (χ3n) is 0.365. The zero-order valence-corrected chi connectivity index (χ0v) is 9.27. The molecule has 0 aliphatic rings. The van der Waals surface area contributed by atoms with Crippen LogP contribution in [0.15, 0.2) is 12.2 Å². The molecule has 0 aromatic carbocycles. The molecule has 0 aromatic rings. The standard InChI is InChI=1S/C4H6O2.C3H8.H3Si/c1-3(2)4(5)6;1-3-2;/h1H2,2H3,(H,5,6);3H2,1-2H3;1H3. The van der Waals surface area contributed by atoms with Gasteiger partial charge in [-0.05, 0) is 17.9 Å². The van der Waals surface area contributed by atoms with Crippen LogP contribution in [0.4, 0.5) is 0 Å². The normalized spacial score (nSPS) is 6.30. The lowest BCUT2D eigenvalue weighted by molar-refractivity contribution is -0.132. The van der Waals surface area contributed by atoms with Gasteiger partial charge in [-0.3, -0.25) is 0 Å². The Balaban J connectivity index is -0.000000107. The number of carboxylic acid groups (broad SMARTS) is 1. The molecule has 0 saturated carbocycles. The zero-order chi connectivity index (χ0) is 7.86. The van der Waals surface area contributed by atoms with E-state index in [4.69, 9.17) is 5.11 Å². The predicted molar refractivity (Wildman–Crippen MR) is 48.4 cm³/mol. The summed E-state index contributed by atoms with van der Waals surface area (Å²) in [6, 6.07) is 0. The fourth-order valence-electron chi connectivity index (χ4n) is 0. The Hall–Kier alpha value is -0.573. The van der Waals surface area contributed by atoms with Crippen LogP contribution in [0.25, 0.3) is 0 Å². The molecular weight excluding hydrogens is 144 g/mol. The molecule has 0 aliphatic heterocycles. The van der Waals surface area contributed by atoms with Crippen molar-refractivity contribution in [2.75, 3.05) is 0 Å². The number of rotatable bonds is 1. The predicted octanol–water partition coefficient (Wildman–Crippen LogP) is 0.879. The number of aliphatic carboxylic acids is 1. The van der Waals surface area contributed by atoms with Crippen LogP contribution in [-0.4, -0.2) is 22.0 Å². The second kappa shape index (κ2) is 11.3. The molecule has 0 aliphatic carbocycles. The highest BCUT2D eigenvalue weighted by Crippen LogP contribution is 1.81. The molecule has 0 aromatic heterocycles. The topological polar surface area (TPSA) is 37.3 Å². The van der Waals surface area contributed by atoms with E-state index in [1.165, 1.54) is 13.3 Å². The van der Waals surface area contributed by atoms with Gasteiger partial charge in [0, 0.05) is 5.57 Å². The van der Waals surface area contributed by atoms with Gasteiger partial charge in [-0.15, -0.1) is 0 Å². The Bertz CT molecular complexity index is 87.8. The molecule has 0 saturated heterocycles. The van der Waals surface area contributed by atoms with E-state index in [0.717, 1.165) is 0 Å². The summed E-state index contributed by atoms with van der Waals surface area (Å²) in [5.74, 6) is -0.935. The Labute approximate surface area is 67.0 Å². The van der Waals surface area contributed by atoms with E-state index in [0.29, 0.717) is 0 Å². The van der Waals surface area contributed by atoms with Crippen molar-refractivity contribution < 1.29 is 9.90 Å². The minimum Gasteiger partial charge on any atom is -0.478 e. The van der Waals surface area contributed by atoms with E-state index < -0.39 is 5.97 Å². The first-order chi connectivity index (χ1) is 4.06. The maximum Gasteiger partial charge on any atom is 0.330 e. The average Bonchev–Trinajstić information content (AvgIpc) is 1.68. The molecule has 3 heteroatoms. The minimum absolute atomic E-state index is 0. The maximum atomic E-state index is 9.60. The first kappa shape index (κ1) is 16.2. The van der Waals surface area contributed by atoms with Gasteiger partial charge in [0.05, 0.1) is 0 Å². The van der Waals surface area contributed by atoms with Gasteiger partial charge in [0.2, 0.25) is 0 Å². The second-order valence-corrected chi connectivity index (χ2v) is 1.79. The fourth-order valence-corrected chi connectivity index (χ4v) is 0. The van der Waals surface area contributed by atoms with Gasteiger partial charge in [0.25, 0.3) is 0 Å². The summed E-state index contributed by atoms with van der Waals surface area (Å²) in [6.45, 7) is 8.85. The number of carboxylic acids is 1. The molecular formula is C7H17O2Si. The van der Waals surface area contributed by atoms with Crippen molar-refractivity contribution in [3.63, 3.8) is 0 Å². The monoisotopic (exact) mass is 161 g/mol. The summed E-state index contributed by atoms with van der Waals surface area (Å²) in [7, 11) is 0. The average molecular weight is 161 g/mol. The van der Waals surface area contributed by atoms with Gasteiger partial charge < -0.3 is 5.11 Å². The van der Waals surface area contributed by atoms with Gasteiger partial charge in [0.15, 0.2) is 0 Å². The van der Waals surface area contributed by atoms with E-state index >= 15 is 0 Å². The lowest BCUT2D eigenvalue weighted by Gasteiger charge is -1.79.